The first-order valence-corrected chi connectivity index (χ1v) is 8.94. The molecule has 1 aromatic carbocycles. The largest absolute Gasteiger partial charge is 0.493 e. The van der Waals surface area contributed by atoms with Gasteiger partial charge in [-0.25, -0.2) is 0 Å². The second-order valence-corrected chi connectivity index (χ2v) is 7.28. The molecule has 0 aromatic heterocycles. The van der Waals surface area contributed by atoms with Gasteiger partial charge in [-0.15, -0.1) is 0 Å². The van der Waals surface area contributed by atoms with Gasteiger partial charge in [0.25, 0.3) is 5.91 Å². The van der Waals surface area contributed by atoms with Gasteiger partial charge in [0.2, 0.25) is 0 Å². The highest BCUT2D eigenvalue weighted by molar-refractivity contribution is 5.95. The normalized spacial score (nSPS) is 22.1. The minimum Gasteiger partial charge on any atom is -0.493 e. The summed E-state index contributed by atoms with van der Waals surface area (Å²) < 4.78 is 34.5. The van der Waals surface area contributed by atoms with Crippen molar-refractivity contribution in [3.8, 4) is 11.5 Å². The van der Waals surface area contributed by atoms with E-state index in [1.165, 1.54) is 31.7 Å². The number of amides is 1. The zero-order valence-corrected chi connectivity index (χ0v) is 15.8. The van der Waals surface area contributed by atoms with Gasteiger partial charge in [-0.05, 0) is 43.4 Å². The summed E-state index contributed by atoms with van der Waals surface area (Å²) >= 11 is 0. The Morgan fingerprint density at radius 3 is 2.50 bits per heavy atom. The standard InChI is InChI=1S/C19H28F2N2O3/c1-12-7-13(2)10-23(9-12)11-14(3)22-18(24)15-5-6-16(25-4)17(8-15)26-19(20)21/h5-6,8,12-14,19H,7,9-11H2,1-4H3,(H,22,24). The predicted octanol–water partition coefficient (Wildman–Crippen LogP) is 3.39. The van der Waals surface area contributed by atoms with Crippen molar-refractivity contribution >= 4 is 5.91 Å². The lowest BCUT2D eigenvalue weighted by Gasteiger charge is -2.36. The molecule has 1 heterocycles. The molecule has 0 radical (unpaired) electrons. The van der Waals surface area contributed by atoms with E-state index < -0.39 is 6.61 Å². The van der Waals surface area contributed by atoms with Crippen LogP contribution >= 0.6 is 0 Å². The van der Waals surface area contributed by atoms with Crippen molar-refractivity contribution in [2.45, 2.75) is 39.8 Å². The number of carbonyl (C=O) groups excluding carboxylic acids is 1. The summed E-state index contributed by atoms with van der Waals surface area (Å²) in [6.07, 6.45) is 1.23. The molecule has 146 valence electrons. The van der Waals surface area contributed by atoms with Crippen molar-refractivity contribution in [2.24, 2.45) is 11.8 Å². The van der Waals surface area contributed by atoms with Crippen LogP contribution in [0.2, 0.25) is 0 Å². The van der Waals surface area contributed by atoms with Crippen LogP contribution in [0.15, 0.2) is 18.2 Å². The second kappa shape index (κ2) is 9.16. The third-order valence-corrected chi connectivity index (χ3v) is 4.50. The molecule has 3 atom stereocenters. The van der Waals surface area contributed by atoms with Crippen LogP contribution in [0.5, 0.6) is 11.5 Å². The number of rotatable bonds is 7. The highest BCUT2D eigenvalue weighted by Crippen LogP contribution is 2.29. The number of nitrogens with zero attached hydrogens (tertiary/aromatic N) is 1. The number of benzene rings is 1. The summed E-state index contributed by atoms with van der Waals surface area (Å²) in [6, 6.07) is 4.20. The summed E-state index contributed by atoms with van der Waals surface area (Å²) in [5.41, 5.74) is 0.258. The van der Waals surface area contributed by atoms with Crippen LogP contribution in [0, 0.1) is 11.8 Å². The zero-order valence-electron chi connectivity index (χ0n) is 15.8. The molecular formula is C19H28F2N2O3. The highest BCUT2D eigenvalue weighted by atomic mass is 19.3. The van der Waals surface area contributed by atoms with Gasteiger partial charge in [-0.1, -0.05) is 13.8 Å². The summed E-state index contributed by atoms with van der Waals surface area (Å²) in [4.78, 5) is 14.8. The van der Waals surface area contributed by atoms with Gasteiger partial charge in [0.1, 0.15) is 0 Å². The molecule has 0 bridgehead atoms. The minimum atomic E-state index is -2.98. The van der Waals surface area contributed by atoms with Crippen LogP contribution in [0.25, 0.3) is 0 Å². The van der Waals surface area contributed by atoms with Gasteiger partial charge in [0.05, 0.1) is 7.11 Å². The Hall–Kier alpha value is -1.89. The first-order chi connectivity index (χ1) is 12.3. The molecule has 0 aliphatic carbocycles. The molecule has 3 unspecified atom stereocenters. The Morgan fingerprint density at radius 1 is 1.27 bits per heavy atom. The number of methoxy groups -OCH3 is 1. The fourth-order valence-electron chi connectivity index (χ4n) is 3.69. The molecule has 0 saturated carbocycles. The number of likely N-dealkylation sites (tertiary alicyclic amines) is 1. The Balaban J connectivity index is 1.98. The van der Waals surface area contributed by atoms with Gasteiger partial charge in [-0.2, -0.15) is 8.78 Å². The molecule has 1 fully saturated rings. The van der Waals surface area contributed by atoms with Gasteiger partial charge in [-0.3, -0.25) is 4.79 Å². The zero-order chi connectivity index (χ0) is 19.3. The van der Waals surface area contributed by atoms with Crippen LogP contribution in [-0.4, -0.2) is 50.2 Å². The van der Waals surface area contributed by atoms with E-state index in [0.717, 1.165) is 19.6 Å². The summed E-state index contributed by atoms with van der Waals surface area (Å²) in [6.45, 7) is 6.27. The predicted molar refractivity (Wildman–Crippen MR) is 95.9 cm³/mol. The van der Waals surface area contributed by atoms with Crippen molar-refractivity contribution in [1.82, 2.24) is 10.2 Å². The number of hydrogen-bond donors (Lipinski definition) is 1. The van der Waals surface area contributed by atoms with Crippen molar-refractivity contribution in [3.05, 3.63) is 23.8 Å². The fraction of sp³-hybridized carbons (Fsp3) is 0.632. The molecular weight excluding hydrogens is 342 g/mol. The fourth-order valence-corrected chi connectivity index (χ4v) is 3.69. The number of halogens is 2. The average Bonchev–Trinajstić information content (AvgIpc) is 2.52. The molecule has 1 aliphatic rings. The highest BCUT2D eigenvalue weighted by Gasteiger charge is 2.23. The van der Waals surface area contributed by atoms with Gasteiger partial charge in [0.15, 0.2) is 11.5 Å². The SMILES string of the molecule is COc1ccc(C(=O)NC(C)CN2CC(C)CC(C)C2)cc1OC(F)F. The van der Waals surface area contributed by atoms with E-state index >= 15 is 0 Å². The van der Waals surface area contributed by atoms with Crippen molar-refractivity contribution in [1.29, 1.82) is 0 Å². The van der Waals surface area contributed by atoms with E-state index in [-0.39, 0.29) is 29.0 Å². The maximum absolute atomic E-state index is 12.5. The van der Waals surface area contributed by atoms with Crippen molar-refractivity contribution < 1.29 is 23.0 Å². The number of nitrogens with one attached hydrogen (secondary N) is 1. The summed E-state index contributed by atoms with van der Waals surface area (Å²) in [5, 5.41) is 2.93. The third-order valence-electron chi connectivity index (χ3n) is 4.50. The Morgan fingerprint density at radius 2 is 1.92 bits per heavy atom. The summed E-state index contributed by atoms with van der Waals surface area (Å²) in [7, 11) is 1.36. The number of ether oxygens (including phenoxy) is 2. The lowest BCUT2D eigenvalue weighted by atomic mass is 9.92. The molecule has 0 spiro atoms. The van der Waals surface area contributed by atoms with E-state index in [1.54, 1.807) is 0 Å². The van der Waals surface area contributed by atoms with Gasteiger partial charge < -0.3 is 19.7 Å². The number of carbonyl (C=O) groups is 1. The van der Waals surface area contributed by atoms with E-state index in [2.05, 4.69) is 28.8 Å². The maximum atomic E-state index is 12.5. The van der Waals surface area contributed by atoms with Crippen LogP contribution in [-0.2, 0) is 0 Å². The molecule has 26 heavy (non-hydrogen) atoms. The molecule has 1 N–H and O–H groups in total. The molecule has 1 saturated heterocycles. The van der Waals surface area contributed by atoms with Crippen LogP contribution in [0.1, 0.15) is 37.6 Å². The van der Waals surface area contributed by atoms with Crippen LogP contribution in [0.3, 0.4) is 0 Å². The number of hydrogen-bond acceptors (Lipinski definition) is 4. The monoisotopic (exact) mass is 370 g/mol. The second-order valence-electron chi connectivity index (χ2n) is 7.28. The Bertz CT molecular complexity index is 602. The molecule has 1 amide bonds. The lowest BCUT2D eigenvalue weighted by Crippen LogP contribution is -2.47. The number of alkyl halides is 2. The van der Waals surface area contributed by atoms with E-state index in [9.17, 15) is 13.6 Å². The van der Waals surface area contributed by atoms with E-state index in [0.29, 0.717) is 11.8 Å². The van der Waals surface area contributed by atoms with E-state index in [4.69, 9.17) is 4.74 Å². The van der Waals surface area contributed by atoms with Crippen molar-refractivity contribution in [3.63, 3.8) is 0 Å². The molecule has 1 aromatic rings. The van der Waals surface area contributed by atoms with E-state index in [1.807, 2.05) is 6.92 Å². The first-order valence-electron chi connectivity index (χ1n) is 8.94. The first kappa shape index (κ1) is 20.4. The Kier molecular flexibility index (Phi) is 7.20. The maximum Gasteiger partial charge on any atom is 0.387 e. The lowest BCUT2D eigenvalue weighted by molar-refractivity contribution is -0.0512. The minimum absolute atomic E-state index is 0.0541. The average molecular weight is 370 g/mol. The van der Waals surface area contributed by atoms with Crippen molar-refractivity contribution in [2.75, 3.05) is 26.7 Å². The molecule has 1 aliphatic heterocycles. The van der Waals surface area contributed by atoms with Gasteiger partial charge in [0, 0.05) is 31.2 Å². The summed E-state index contributed by atoms with van der Waals surface area (Å²) in [5.74, 6) is 0.986. The smallest absolute Gasteiger partial charge is 0.387 e. The third kappa shape index (κ3) is 5.83. The molecule has 7 heteroatoms. The number of piperidine rings is 1. The molecule has 5 nitrogen and oxygen atoms in total. The van der Waals surface area contributed by atoms with Crippen LogP contribution < -0.4 is 14.8 Å². The van der Waals surface area contributed by atoms with Gasteiger partial charge >= 0.3 is 6.61 Å². The van der Waals surface area contributed by atoms with Crippen LogP contribution in [0.4, 0.5) is 8.78 Å². The quantitative estimate of drug-likeness (QED) is 0.799. The Labute approximate surface area is 153 Å². The molecule has 2 rings (SSSR count). The topological polar surface area (TPSA) is 50.8 Å².